The van der Waals surface area contributed by atoms with Crippen LogP contribution < -0.4 is 5.32 Å². The molecule has 1 unspecified atom stereocenters. The van der Waals surface area contributed by atoms with Crippen LogP contribution in [0.4, 0.5) is 0 Å². The van der Waals surface area contributed by atoms with Gasteiger partial charge in [-0.05, 0) is 12.1 Å². The Kier molecular flexibility index (Phi) is 5.71. The van der Waals surface area contributed by atoms with E-state index in [9.17, 15) is 4.79 Å². The molecule has 7 heteroatoms. The monoisotopic (exact) mass is 343 g/mol. The smallest absolute Gasteiger partial charge is 0.224 e. The molecule has 0 aromatic carbocycles. The minimum atomic E-state index is 0.174. The summed E-state index contributed by atoms with van der Waals surface area (Å²) in [5, 5.41) is 3.34. The fraction of sp³-hybridized carbons (Fsp3) is 0.667. The van der Waals surface area contributed by atoms with Crippen LogP contribution in [0.3, 0.4) is 0 Å². The van der Waals surface area contributed by atoms with E-state index < -0.39 is 0 Å². The minimum absolute atomic E-state index is 0.174. The van der Waals surface area contributed by atoms with E-state index in [-0.39, 0.29) is 11.9 Å². The third kappa shape index (κ3) is 4.43. The summed E-state index contributed by atoms with van der Waals surface area (Å²) in [6, 6.07) is 4.20. The molecule has 0 spiro atoms. The second-order valence-corrected chi connectivity index (χ2v) is 7.59. The normalized spacial score (nSPS) is 23.7. The third-order valence-corrected chi connectivity index (χ3v) is 5.37. The van der Waals surface area contributed by atoms with Crippen LogP contribution >= 0.6 is 22.9 Å². The van der Waals surface area contributed by atoms with E-state index in [1.807, 2.05) is 11.0 Å². The first-order chi connectivity index (χ1) is 10.7. The summed E-state index contributed by atoms with van der Waals surface area (Å²) in [5.41, 5.74) is 0. The molecule has 0 saturated carbocycles. The van der Waals surface area contributed by atoms with Gasteiger partial charge in [0.15, 0.2) is 0 Å². The molecule has 2 saturated heterocycles. The van der Waals surface area contributed by atoms with Gasteiger partial charge in [0, 0.05) is 56.6 Å². The van der Waals surface area contributed by atoms with Gasteiger partial charge in [0.05, 0.1) is 17.6 Å². The van der Waals surface area contributed by atoms with Gasteiger partial charge in [-0.1, -0.05) is 11.6 Å². The van der Waals surface area contributed by atoms with Gasteiger partial charge in [0.2, 0.25) is 5.91 Å². The first-order valence-electron chi connectivity index (χ1n) is 7.76. The van der Waals surface area contributed by atoms with Crippen molar-refractivity contribution in [1.29, 1.82) is 0 Å². The van der Waals surface area contributed by atoms with Gasteiger partial charge in [0.25, 0.3) is 0 Å². The number of halogens is 1. The zero-order valence-electron chi connectivity index (χ0n) is 12.6. The fourth-order valence-corrected chi connectivity index (χ4v) is 4.03. The van der Waals surface area contributed by atoms with Crippen molar-refractivity contribution < 1.29 is 9.53 Å². The molecular formula is C15H22ClN3O2S. The lowest BCUT2D eigenvalue weighted by Crippen LogP contribution is -2.51. The van der Waals surface area contributed by atoms with Crippen molar-refractivity contribution in [3.8, 4) is 0 Å². The molecule has 0 bridgehead atoms. The molecular weight excluding hydrogens is 322 g/mol. The number of nitrogens with zero attached hydrogens (tertiary/aromatic N) is 2. The molecule has 2 fully saturated rings. The van der Waals surface area contributed by atoms with E-state index >= 15 is 0 Å². The molecule has 2 aliphatic heterocycles. The van der Waals surface area contributed by atoms with Gasteiger partial charge in [-0.25, -0.2) is 0 Å². The Morgan fingerprint density at radius 1 is 1.36 bits per heavy atom. The van der Waals surface area contributed by atoms with Crippen LogP contribution in [0.2, 0.25) is 4.34 Å². The summed E-state index contributed by atoms with van der Waals surface area (Å²) in [4.78, 5) is 18.0. The summed E-state index contributed by atoms with van der Waals surface area (Å²) in [6.45, 7) is 6.64. The molecule has 5 nitrogen and oxygen atoms in total. The molecule has 3 heterocycles. The van der Waals surface area contributed by atoms with Gasteiger partial charge in [-0.15, -0.1) is 11.3 Å². The second kappa shape index (κ2) is 7.75. The summed E-state index contributed by atoms with van der Waals surface area (Å²) >= 11 is 7.60. The van der Waals surface area contributed by atoms with Gasteiger partial charge in [-0.3, -0.25) is 9.69 Å². The third-order valence-electron chi connectivity index (χ3n) is 4.15. The number of nitrogens with one attached hydrogen (secondary N) is 1. The Morgan fingerprint density at radius 3 is 2.82 bits per heavy atom. The molecule has 0 radical (unpaired) electrons. The van der Waals surface area contributed by atoms with Crippen LogP contribution in [0.15, 0.2) is 12.1 Å². The summed E-state index contributed by atoms with van der Waals surface area (Å²) < 4.78 is 6.24. The zero-order valence-corrected chi connectivity index (χ0v) is 14.2. The predicted octanol–water partition coefficient (Wildman–Crippen LogP) is 1.42. The summed E-state index contributed by atoms with van der Waals surface area (Å²) in [6.07, 6.45) is 0.542. The number of rotatable bonds is 4. The summed E-state index contributed by atoms with van der Waals surface area (Å²) in [7, 11) is 0. The van der Waals surface area contributed by atoms with Crippen molar-refractivity contribution in [1.82, 2.24) is 15.1 Å². The van der Waals surface area contributed by atoms with E-state index in [0.29, 0.717) is 13.0 Å². The standard InChI is InChI=1S/C15H22ClN3O2S/c16-14-2-1-13(22-14)10-18-4-6-19(7-5-18)15(20)9-12-11-21-8-3-17-12/h1-2,12,17H,3-11H2. The lowest BCUT2D eigenvalue weighted by molar-refractivity contribution is -0.134. The molecule has 22 heavy (non-hydrogen) atoms. The van der Waals surface area contributed by atoms with Crippen molar-refractivity contribution >= 4 is 28.8 Å². The number of carbonyl (C=O) groups excluding carboxylic acids is 1. The molecule has 1 N–H and O–H groups in total. The number of hydrogen-bond acceptors (Lipinski definition) is 5. The molecule has 1 aromatic rings. The molecule has 3 rings (SSSR count). The van der Waals surface area contributed by atoms with Crippen LogP contribution in [-0.2, 0) is 16.1 Å². The minimum Gasteiger partial charge on any atom is -0.378 e. The SMILES string of the molecule is O=C(CC1COCCN1)N1CCN(Cc2ccc(Cl)s2)CC1. The van der Waals surface area contributed by atoms with Crippen LogP contribution in [-0.4, -0.2) is 67.7 Å². The fourth-order valence-electron chi connectivity index (χ4n) is 2.90. The van der Waals surface area contributed by atoms with Gasteiger partial charge >= 0.3 is 0 Å². The van der Waals surface area contributed by atoms with Gasteiger partial charge < -0.3 is 15.0 Å². The Morgan fingerprint density at radius 2 is 2.18 bits per heavy atom. The first-order valence-corrected chi connectivity index (χ1v) is 8.95. The van der Waals surface area contributed by atoms with E-state index in [1.165, 1.54) is 4.88 Å². The highest BCUT2D eigenvalue weighted by Gasteiger charge is 2.24. The lowest BCUT2D eigenvalue weighted by Gasteiger charge is -2.35. The van der Waals surface area contributed by atoms with Gasteiger partial charge in [-0.2, -0.15) is 0 Å². The van der Waals surface area contributed by atoms with Crippen molar-refractivity contribution in [2.75, 3.05) is 45.9 Å². The molecule has 1 aromatic heterocycles. The number of morpholine rings is 1. The topological polar surface area (TPSA) is 44.8 Å². The number of thiophene rings is 1. The van der Waals surface area contributed by atoms with E-state index in [0.717, 1.165) is 50.2 Å². The quantitative estimate of drug-likeness (QED) is 0.898. The van der Waals surface area contributed by atoms with Crippen molar-refractivity contribution in [2.45, 2.75) is 19.0 Å². The molecule has 0 aliphatic carbocycles. The number of carbonyl (C=O) groups is 1. The number of amides is 1. The second-order valence-electron chi connectivity index (χ2n) is 5.79. The number of piperazine rings is 1. The molecule has 122 valence electrons. The maximum atomic E-state index is 12.3. The maximum absolute atomic E-state index is 12.3. The van der Waals surface area contributed by atoms with Crippen molar-refractivity contribution in [3.05, 3.63) is 21.3 Å². The van der Waals surface area contributed by atoms with Gasteiger partial charge in [0.1, 0.15) is 0 Å². The van der Waals surface area contributed by atoms with Crippen molar-refractivity contribution in [2.24, 2.45) is 0 Å². The van der Waals surface area contributed by atoms with Crippen LogP contribution in [0.25, 0.3) is 0 Å². The van der Waals surface area contributed by atoms with Crippen LogP contribution in [0, 0.1) is 0 Å². The first kappa shape index (κ1) is 16.2. The number of ether oxygens (including phenoxy) is 1. The molecule has 2 aliphatic rings. The highest BCUT2D eigenvalue weighted by atomic mass is 35.5. The summed E-state index contributed by atoms with van der Waals surface area (Å²) in [5.74, 6) is 0.238. The Balaban J connectivity index is 1.41. The average Bonchev–Trinajstić information content (AvgIpc) is 2.94. The van der Waals surface area contributed by atoms with E-state index in [2.05, 4.69) is 16.3 Å². The Bertz CT molecular complexity index is 497. The van der Waals surface area contributed by atoms with Crippen LogP contribution in [0.5, 0.6) is 0 Å². The zero-order chi connectivity index (χ0) is 15.4. The highest BCUT2D eigenvalue weighted by Crippen LogP contribution is 2.23. The Hall–Kier alpha value is -0.660. The van der Waals surface area contributed by atoms with E-state index in [4.69, 9.17) is 16.3 Å². The van der Waals surface area contributed by atoms with E-state index in [1.54, 1.807) is 11.3 Å². The largest absolute Gasteiger partial charge is 0.378 e. The highest BCUT2D eigenvalue weighted by molar-refractivity contribution is 7.16. The molecule has 1 amide bonds. The Labute approximate surface area is 140 Å². The predicted molar refractivity (Wildman–Crippen MR) is 88.4 cm³/mol. The van der Waals surface area contributed by atoms with Crippen LogP contribution in [0.1, 0.15) is 11.3 Å². The molecule has 1 atom stereocenters. The maximum Gasteiger partial charge on any atom is 0.224 e. The van der Waals surface area contributed by atoms with Crippen molar-refractivity contribution in [3.63, 3.8) is 0 Å². The average molecular weight is 344 g/mol. The lowest BCUT2D eigenvalue weighted by atomic mass is 10.1. The number of hydrogen-bond donors (Lipinski definition) is 1.